The first-order chi connectivity index (χ1) is 15.4. The maximum Gasteiger partial charge on any atom is 0.244 e. The molecular weight excluding hydrogens is 418 g/mol. The number of carbonyl (C=O) groups excluding carboxylic acids is 1. The number of nitrogens with one attached hydrogen (secondary N) is 2. The van der Waals surface area contributed by atoms with Crippen LogP contribution in [0.2, 0.25) is 0 Å². The van der Waals surface area contributed by atoms with Gasteiger partial charge in [-0.3, -0.25) is 9.78 Å². The van der Waals surface area contributed by atoms with Crippen LogP contribution in [0.25, 0.3) is 0 Å². The van der Waals surface area contributed by atoms with E-state index in [2.05, 4.69) is 53.9 Å². The van der Waals surface area contributed by atoms with Crippen molar-refractivity contribution in [3.63, 3.8) is 0 Å². The first-order valence-corrected chi connectivity index (χ1v) is 11.3. The van der Waals surface area contributed by atoms with Gasteiger partial charge in [-0.05, 0) is 75.8 Å². The summed E-state index contributed by atoms with van der Waals surface area (Å²) in [5.41, 5.74) is 5.21. The Morgan fingerprint density at radius 2 is 1.88 bits per heavy atom. The third-order valence-electron chi connectivity index (χ3n) is 5.93. The fourth-order valence-corrected chi connectivity index (χ4v) is 4.99. The van der Waals surface area contributed by atoms with Crippen LogP contribution in [0.1, 0.15) is 54.6 Å². The molecule has 2 N–H and O–H groups in total. The summed E-state index contributed by atoms with van der Waals surface area (Å²) in [7, 11) is 0. The zero-order valence-electron chi connectivity index (χ0n) is 18.9. The monoisotopic (exact) mass is 447 g/mol. The lowest BCUT2D eigenvalue weighted by Crippen LogP contribution is -2.37. The molecule has 0 spiro atoms. The predicted octanol–water partition coefficient (Wildman–Crippen LogP) is 4.69. The molecule has 0 bridgehead atoms. The largest absolute Gasteiger partial charge is 0.352 e. The van der Waals surface area contributed by atoms with Crippen molar-refractivity contribution in [3.8, 4) is 0 Å². The predicted molar refractivity (Wildman–Crippen MR) is 132 cm³/mol. The average Bonchev–Trinajstić information content (AvgIpc) is 3.24. The number of benzene rings is 1. The quantitative estimate of drug-likeness (QED) is 0.537. The minimum Gasteiger partial charge on any atom is -0.352 e. The second-order valence-corrected chi connectivity index (χ2v) is 8.85. The molecule has 2 atom stereocenters. The number of rotatable bonds is 6. The molecule has 1 aromatic carbocycles. The highest BCUT2D eigenvalue weighted by atomic mass is 32.1. The molecule has 0 unspecified atom stereocenters. The molecule has 1 amide bonds. The summed E-state index contributed by atoms with van der Waals surface area (Å²) in [5, 5.41) is 6.96. The molecule has 0 radical (unpaired) electrons. The number of aryl methyl sites for hydroxylation is 1. The van der Waals surface area contributed by atoms with Crippen molar-refractivity contribution in [2.75, 3.05) is 11.9 Å². The van der Waals surface area contributed by atoms with Gasteiger partial charge in [0.05, 0.1) is 17.8 Å². The molecule has 3 heterocycles. The molecule has 32 heavy (non-hydrogen) atoms. The van der Waals surface area contributed by atoms with Crippen LogP contribution < -0.4 is 10.6 Å². The molecule has 1 fully saturated rings. The zero-order chi connectivity index (χ0) is 22.8. The number of para-hydroxylation sites is 1. The lowest BCUT2D eigenvalue weighted by molar-refractivity contribution is -0.116. The van der Waals surface area contributed by atoms with Gasteiger partial charge in [0.2, 0.25) is 5.91 Å². The highest BCUT2D eigenvalue weighted by Crippen LogP contribution is 2.41. The van der Waals surface area contributed by atoms with E-state index in [9.17, 15) is 4.79 Å². The fraction of sp³-hybridized carbons (Fsp3) is 0.320. The van der Waals surface area contributed by atoms with Crippen LogP contribution in [0.4, 0.5) is 5.69 Å². The second kappa shape index (κ2) is 9.12. The number of nitrogens with zero attached hydrogens (tertiary/aromatic N) is 3. The molecular formula is C25H29N5OS. The van der Waals surface area contributed by atoms with Crippen LogP contribution in [-0.4, -0.2) is 32.0 Å². The van der Waals surface area contributed by atoms with Gasteiger partial charge in [0, 0.05) is 29.3 Å². The SMILES string of the molecule is Cc1cc([C@@H]2[C@@H](c3ccccn3)NC(=S)N2CC(=O)Nc2ccccc2)c(C)n1C(C)C. The van der Waals surface area contributed by atoms with Crippen LogP contribution in [0.15, 0.2) is 60.8 Å². The smallest absolute Gasteiger partial charge is 0.244 e. The Bertz CT molecular complexity index is 1110. The van der Waals surface area contributed by atoms with Gasteiger partial charge in [-0.2, -0.15) is 0 Å². The Morgan fingerprint density at radius 1 is 1.16 bits per heavy atom. The van der Waals surface area contributed by atoms with Crippen molar-refractivity contribution in [1.82, 2.24) is 19.8 Å². The normalized spacial score (nSPS) is 18.2. The van der Waals surface area contributed by atoms with E-state index in [0.717, 1.165) is 16.9 Å². The van der Waals surface area contributed by atoms with E-state index in [1.54, 1.807) is 6.20 Å². The van der Waals surface area contributed by atoms with E-state index >= 15 is 0 Å². The van der Waals surface area contributed by atoms with E-state index in [-0.39, 0.29) is 24.5 Å². The van der Waals surface area contributed by atoms with Crippen molar-refractivity contribution >= 4 is 28.9 Å². The summed E-state index contributed by atoms with van der Waals surface area (Å²) >= 11 is 5.71. The van der Waals surface area contributed by atoms with Crippen LogP contribution in [0.3, 0.4) is 0 Å². The standard InChI is InChI=1S/C25H29N5OS/c1-16(2)30-17(3)14-20(18(30)4)24-23(21-12-8-9-13-26-21)28-25(32)29(24)15-22(31)27-19-10-6-5-7-11-19/h5-14,16,23-24H,15H2,1-4H3,(H,27,31)(H,28,32)/t23-,24-/m1/s1. The van der Waals surface area contributed by atoms with Crippen molar-refractivity contribution in [1.29, 1.82) is 0 Å². The first kappa shape index (κ1) is 22.0. The summed E-state index contributed by atoms with van der Waals surface area (Å²) in [4.78, 5) is 19.5. The van der Waals surface area contributed by atoms with Gasteiger partial charge in [-0.25, -0.2) is 0 Å². The molecule has 3 aromatic rings. The number of anilines is 1. The molecule has 1 aliphatic heterocycles. The maximum atomic E-state index is 12.9. The fourth-order valence-electron chi connectivity index (χ4n) is 4.69. The highest BCUT2D eigenvalue weighted by Gasteiger charge is 2.42. The molecule has 2 aromatic heterocycles. The van der Waals surface area contributed by atoms with Gasteiger partial charge < -0.3 is 20.1 Å². The van der Waals surface area contributed by atoms with Crippen molar-refractivity contribution in [3.05, 3.63) is 83.4 Å². The van der Waals surface area contributed by atoms with Crippen molar-refractivity contribution in [2.45, 2.75) is 45.8 Å². The molecule has 0 saturated carbocycles. The molecule has 4 rings (SSSR count). The van der Waals surface area contributed by atoms with Crippen LogP contribution >= 0.6 is 12.2 Å². The minimum absolute atomic E-state index is 0.107. The van der Waals surface area contributed by atoms with Crippen molar-refractivity contribution in [2.24, 2.45) is 0 Å². The van der Waals surface area contributed by atoms with Crippen LogP contribution in [-0.2, 0) is 4.79 Å². The third kappa shape index (κ3) is 4.25. The Labute approximate surface area is 194 Å². The Kier molecular flexibility index (Phi) is 6.28. The first-order valence-electron chi connectivity index (χ1n) is 10.9. The third-order valence-corrected chi connectivity index (χ3v) is 6.28. The molecule has 166 valence electrons. The van der Waals surface area contributed by atoms with E-state index in [1.807, 2.05) is 53.4 Å². The summed E-state index contributed by atoms with van der Waals surface area (Å²) < 4.78 is 2.33. The lowest BCUT2D eigenvalue weighted by atomic mass is 9.96. The number of pyridine rings is 1. The Balaban J connectivity index is 1.70. The zero-order valence-corrected chi connectivity index (χ0v) is 19.7. The Morgan fingerprint density at radius 3 is 2.50 bits per heavy atom. The van der Waals surface area contributed by atoms with Gasteiger partial charge in [-0.1, -0.05) is 24.3 Å². The molecule has 7 heteroatoms. The lowest BCUT2D eigenvalue weighted by Gasteiger charge is -2.28. The minimum atomic E-state index is -0.144. The number of thiocarbonyl (C=S) groups is 1. The summed E-state index contributed by atoms with van der Waals surface area (Å²) in [6, 6.07) is 17.6. The van der Waals surface area contributed by atoms with Crippen molar-refractivity contribution < 1.29 is 4.79 Å². The molecule has 1 saturated heterocycles. The van der Waals surface area contributed by atoms with E-state index < -0.39 is 0 Å². The molecule has 0 aliphatic carbocycles. The van der Waals surface area contributed by atoms with E-state index in [4.69, 9.17) is 12.2 Å². The van der Waals surface area contributed by atoms with Crippen LogP contribution in [0.5, 0.6) is 0 Å². The topological polar surface area (TPSA) is 62.2 Å². The summed E-state index contributed by atoms with van der Waals surface area (Å²) in [5.74, 6) is -0.107. The van der Waals surface area contributed by atoms with Gasteiger partial charge >= 0.3 is 0 Å². The van der Waals surface area contributed by atoms with E-state index in [1.165, 1.54) is 11.4 Å². The number of hydrogen-bond donors (Lipinski definition) is 2. The average molecular weight is 448 g/mol. The van der Waals surface area contributed by atoms with Gasteiger partial charge in [0.25, 0.3) is 0 Å². The van der Waals surface area contributed by atoms with Gasteiger partial charge in [0.1, 0.15) is 6.54 Å². The van der Waals surface area contributed by atoms with Gasteiger partial charge in [-0.15, -0.1) is 0 Å². The summed E-state index contributed by atoms with van der Waals surface area (Å²) in [6.07, 6.45) is 1.79. The van der Waals surface area contributed by atoms with Crippen LogP contribution in [0, 0.1) is 13.8 Å². The Hall–Kier alpha value is -3.19. The molecule has 1 aliphatic rings. The number of carbonyl (C=O) groups is 1. The number of aromatic nitrogens is 2. The highest BCUT2D eigenvalue weighted by molar-refractivity contribution is 7.80. The summed E-state index contributed by atoms with van der Waals surface area (Å²) in [6.45, 7) is 8.78. The second-order valence-electron chi connectivity index (χ2n) is 8.46. The van der Waals surface area contributed by atoms with E-state index in [0.29, 0.717) is 11.2 Å². The number of amides is 1. The maximum absolute atomic E-state index is 12.9. The number of hydrogen-bond acceptors (Lipinski definition) is 3. The molecule has 6 nitrogen and oxygen atoms in total. The van der Waals surface area contributed by atoms with Gasteiger partial charge in [0.15, 0.2) is 5.11 Å².